The maximum Gasteiger partial charge on any atom is 0.272 e. The van der Waals surface area contributed by atoms with Crippen LogP contribution in [0.5, 0.6) is 0 Å². The molecule has 0 aliphatic rings. The molecule has 0 spiro atoms. The number of nitrogens with one attached hydrogen (secondary N) is 1. The summed E-state index contributed by atoms with van der Waals surface area (Å²) in [6.45, 7) is 8.93. The van der Waals surface area contributed by atoms with Crippen molar-refractivity contribution < 1.29 is 18.4 Å². The minimum absolute atomic E-state index is 0.400. The van der Waals surface area contributed by atoms with Gasteiger partial charge in [0.1, 0.15) is 0 Å². The predicted molar refractivity (Wildman–Crippen MR) is 95.7 cm³/mol. The molecule has 0 saturated carbocycles. The average molecular weight is 360 g/mol. The third-order valence-electron chi connectivity index (χ3n) is 3.75. The first kappa shape index (κ1) is 19.6. The van der Waals surface area contributed by atoms with E-state index in [0.29, 0.717) is 5.56 Å². The molecule has 6 heteroatoms. The van der Waals surface area contributed by atoms with Gasteiger partial charge in [-0.1, -0.05) is 23.3 Å². The van der Waals surface area contributed by atoms with Gasteiger partial charge < -0.3 is 0 Å². The van der Waals surface area contributed by atoms with Gasteiger partial charge in [0.25, 0.3) is 11.8 Å². The van der Waals surface area contributed by atoms with Crippen LogP contribution in [0, 0.1) is 25.5 Å². The number of nitrogens with zero attached hydrogens (tertiary/aromatic N) is 1. The molecule has 0 aliphatic carbocycles. The molecule has 0 aliphatic heterocycles. The molecule has 0 saturated heterocycles. The Hall–Kier alpha value is -2.76. The molecule has 4 nitrogen and oxygen atoms in total. The first-order chi connectivity index (χ1) is 12.0. The van der Waals surface area contributed by atoms with Crippen LogP contribution >= 0.6 is 0 Å². The van der Waals surface area contributed by atoms with Crippen LogP contribution in [0.1, 0.15) is 52.6 Å². The van der Waals surface area contributed by atoms with Crippen LogP contribution in [0.4, 0.5) is 8.78 Å². The van der Waals surface area contributed by atoms with E-state index in [4.69, 9.17) is 0 Å². The molecule has 2 amide bonds. The van der Waals surface area contributed by atoms with Crippen molar-refractivity contribution in [2.75, 3.05) is 0 Å². The highest BCUT2D eigenvalue weighted by Crippen LogP contribution is 2.19. The second-order valence-electron chi connectivity index (χ2n) is 7.23. The number of aryl methyl sites for hydroxylation is 2. The van der Waals surface area contributed by atoms with Gasteiger partial charge >= 0.3 is 0 Å². The van der Waals surface area contributed by atoms with Gasteiger partial charge in [0.15, 0.2) is 11.6 Å². The Morgan fingerprint density at radius 1 is 1.00 bits per heavy atom. The van der Waals surface area contributed by atoms with Crippen LogP contribution < -0.4 is 5.43 Å². The number of amides is 2. The molecule has 2 aromatic rings. The van der Waals surface area contributed by atoms with E-state index in [2.05, 4.69) is 5.43 Å². The summed E-state index contributed by atoms with van der Waals surface area (Å²) in [7, 11) is 0. The number of hydrogen-bond donors (Lipinski definition) is 1. The van der Waals surface area contributed by atoms with Crippen molar-refractivity contribution in [2.45, 2.75) is 40.2 Å². The molecule has 0 aromatic heterocycles. The first-order valence-electron chi connectivity index (χ1n) is 8.18. The molecule has 0 fully saturated rings. The fourth-order valence-electron chi connectivity index (χ4n) is 2.59. The number of benzene rings is 2. The Kier molecular flexibility index (Phi) is 5.44. The maximum atomic E-state index is 13.9. The number of carbonyl (C=O) groups is 2. The molecule has 26 heavy (non-hydrogen) atoms. The van der Waals surface area contributed by atoms with Gasteiger partial charge in [-0.05, 0) is 58.9 Å². The Morgan fingerprint density at radius 3 is 2.12 bits per heavy atom. The fourth-order valence-corrected chi connectivity index (χ4v) is 2.59. The topological polar surface area (TPSA) is 49.4 Å². The summed E-state index contributed by atoms with van der Waals surface area (Å²) in [5, 5.41) is 1.13. The molecular formula is C20H22F2N2O2. The highest BCUT2D eigenvalue weighted by Gasteiger charge is 2.30. The zero-order valence-corrected chi connectivity index (χ0v) is 15.5. The Bertz CT molecular complexity index is 837. The van der Waals surface area contributed by atoms with Crippen LogP contribution in [-0.4, -0.2) is 22.4 Å². The van der Waals surface area contributed by atoms with Crippen molar-refractivity contribution in [1.29, 1.82) is 0 Å². The first-order valence-corrected chi connectivity index (χ1v) is 8.18. The third-order valence-corrected chi connectivity index (χ3v) is 3.75. The molecule has 0 bridgehead atoms. The monoisotopic (exact) mass is 360 g/mol. The van der Waals surface area contributed by atoms with Crippen LogP contribution in [-0.2, 0) is 0 Å². The molecule has 2 aromatic carbocycles. The van der Waals surface area contributed by atoms with Gasteiger partial charge in [-0.25, -0.2) is 13.8 Å². The van der Waals surface area contributed by atoms with Gasteiger partial charge in [0.05, 0.1) is 11.1 Å². The summed E-state index contributed by atoms with van der Waals surface area (Å²) >= 11 is 0. The Labute approximate surface area is 151 Å². The second-order valence-corrected chi connectivity index (χ2v) is 7.23. The lowest BCUT2D eigenvalue weighted by Crippen LogP contribution is -2.56. The Balaban J connectivity index is 2.38. The van der Waals surface area contributed by atoms with E-state index in [1.165, 1.54) is 6.07 Å². The molecule has 2 rings (SSSR count). The van der Waals surface area contributed by atoms with Gasteiger partial charge in [0.2, 0.25) is 0 Å². The predicted octanol–water partition coefficient (Wildman–Crippen LogP) is 4.17. The summed E-state index contributed by atoms with van der Waals surface area (Å²) in [6, 6.07) is 8.68. The molecule has 0 heterocycles. The molecular weight excluding hydrogens is 338 g/mol. The van der Waals surface area contributed by atoms with Crippen molar-refractivity contribution in [3.63, 3.8) is 0 Å². The maximum absolute atomic E-state index is 13.9. The van der Waals surface area contributed by atoms with E-state index < -0.39 is 34.6 Å². The highest BCUT2D eigenvalue weighted by molar-refractivity contribution is 5.99. The van der Waals surface area contributed by atoms with E-state index in [1.807, 2.05) is 19.9 Å². The van der Waals surface area contributed by atoms with E-state index in [-0.39, 0.29) is 0 Å². The summed E-state index contributed by atoms with van der Waals surface area (Å²) in [5.41, 5.74) is 3.38. The lowest BCUT2D eigenvalue weighted by Gasteiger charge is -2.35. The van der Waals surface area contributed by atoms with E-state index in [1.54, 1.807) is 32.9 Å². The second kappa shape index (κ2) is 7.23. The average Bonchev–Trinajstić information content (AvgIpc) is 2.52. The number of rotatable bonds is 2. The molecule has 138 valence electrons. The smallest absolute Gasteiger partial charge is 0.267 e. The number of carbonyl (C=O) groups excluding carboxylic acids is 2. The van der Waals surface area contributed by atoms with Crippen LogP contribution in [0.2, 0.25) is 0 Å². The van der Waals surface area contributed by atoms with Crippen LogP contribution in [0.3, 0.4) is 0 Å². The standard InChI is InChI=1S/C20H22F2N2O2/c1-12-9-13(2)11-14(10-12)19(26)24(20(3,4)5)23-18(25)15-7-6-8-16(21)17(15)22/h6-11H,1-5H3,(H,23,25). The zero-order chi connectivity index (χ0) is 19.6. The van der Waals surface area contributed by atoms with Crippen molar-refractivity contribution in [2.24, 2.45) is 0 Å². The number of hydrazine groups is 1. The van der Waals surface area contributed by atoms with E-state index in [0.717, 1.165) is 28.3 Å². The van der Waals surface area contributed by atoms with Crippen LogP contribution in [0.15, 0.2) is 36.4 Å². The molecule has 0 atom stereocenters. The fraction of sp³-hybridized carbons (Fsp3) is 0.300. The largest absolute Gasteiger partial charge is 0.272 e. The molecule has 0 radical (unpaired) electrons. The van der Waals surface area contributed by atoms with Crippen molar-refractivity contribution >= 4 is 11.8 Å². The van der Waals surface area contributed by atoms with Gasteiger partial charge in [-0.3, -0.25) is 15.0 Å². The molecule has 0 unspecified atom stereocenters. The quantitative estimate of drug-likeness (QED) is 0.818. The number of hydrogen-bond acceptors (Lipinski definition) is 2. The molecule has 1 N–H and O–H groups in total. The van der Waals surface area contributed by atoms with Crippen molar-refractivity contribution in [3.8, 4) is 0 Å². The minimum atomic E-state index is -1.25. The highest BCUT2D eigenvalue weighted by atomic mass is 19.2. The summed E-state index contributed by atoms with van der Waals surface area (Å²) in [6.07, 6.45) is 0. The minimum Gasteiger partial charge on any atom is -0.267 e. The lowest BCUT2D eigenvalue weighted by molar-refractivity contribution is 0.0356. The summed E-state index contributed by atoms with van der Waals surface area (Å²) < 4.78 is 27.3. The van der Waals surface area contributed by atoms with E-state index >= 15 is 0 Å². The summed E-state index contributed by atoms with van der Waals surface area (Å²) in [5.74, 6) is -3.71. The zero-order valence-electron chi connectivity index (χ0n) is 15.5. The number of halogens is 2. The van der Waals surface area contributed by atoms with Crippen molar-refractivity contribution in [3.05, 3.63) is 70.3 Å². The Morgan fingerprint density at radius 2 is 1.58 bits per heavy atom. The van der Waals surface area contributed by atoms with Gasteiger partial charge in [-0.15, -0.1) is 0 Å². The lowest BCUT2D eigenvalue weighted by atomic mass is 10.0. The third kappa shape index (κ3) is 4.25. The van der Waals surface area contributed by atoms with Gasteiger partial charge in [-0.2, -0.15) is 0 Å². The SMILES string of the molecule is Cc1cc(C)cc(C(=O)N(NC(=O)c2cccc(F)c2F)C(C)(C)C)c1. The van der Waals surface area contributed by atoms with Gasteiger partial charge in [0, 0.05) is 5.56 Å². The van der Waals surface area contributed by atoms with E-state index in [9.17, 15) is 18.4 Å². The normalized spacial score (nSPS) is 11.2. The van der Waals surface area contributed by atoms with Crippen molar-refractivity contribution in [1.82, 2.24) is 10.4 Å². The summed E-state index contributed by atoms with van der Waals surface area (Å²) in [4.78, 5) is 25.4. The van der Waals surface area contributed by atoms with Crippen LogP contribution in [0.25, 0.3) is 0 Å².